The van der Waals surface area contributed by atoms with Crippen LogP contribution in [0.25, 0.3) is 16.9 Å². The fourth-order valence-electron chi connectivity index (χ4n) is 2.61. The highest BCUT2D eigenvalue weighted by Gasteiger charge is 2.16. The smallest absolute Gasteiger partial charge is 0.283 e. The highest BCUT2D eigenvalue weighted by atomic mass is 35.5. The Bertz CT molecular complexity index is 1240. The second-order valence-electron chi connectivity index (χ2n) is 5.70. The van der Waals surface area contributed by atoms with Crippen molar-refractivity contribution in [2.75, 3.05) is 0 Å². The third kappa shape index (κ3) is 3.17. The lowest BCUT2D eigenvalue weighted by Crippen LogP contribution is -2.21. The van der Waals surface area contributed by atoms with Gasteiger partial charge in [-0.15, -0.1) is 5.10 Å². The van der Waals surface area contributed by atoms with Gasteiger partial charge in [-0.1, -0.05) is 34.5 Å². The van der Waals surface area contributed by atoms with Gasteiger partial charge in [-0.05, 0) is 29.8 Å². The Labute approximate surface area is 160 Å². The Morgan fingerprint density at radius 1 is 1.04 bits per heavy atom. The molecule has 0 spiro atoms. The minimum Gasteiger partial charge on any atom is -0.293 e. The Morgan fingerprint density at radius 3 is 2.59 bits per heavy atom. The summed E-state index contributed by atoms with van der Waals surface area (Å²) >= 11 is 11.9. The van der Waals surface area contributed by atoms with Gasteiger partial charge in [-0.2, -0.15) is 4.68 Å². The molecule has 0 atom stereocenters. The molecule has 0 bridgehead atoms. The van der Waals surface area contributed by atoms with Gasteiger partial charge in [-0.25, -0.2) is 13.8 Å². The van der Waals surface area contributed by atoms with E-state index >= 15 is 0 Å². The highest BCUT2D eigenvalue weighted by molar-refractivity contribution is 6.42. The normalized spacial score (nSPS) is 11.3. The molecule has 0 aliphatic heterocycles. The van der Waals surface area contributed by atoms with Crippen molar-refractivity contribution in [2.45, 2.75) is 6.54 Å². The van der Waals surface area contributed by atoms with Crippen LogP contribution >= 0.6 is 23.2 Å². The summed E-state index contributed by atoms with van der Waals surface area (Å²) in [6, 6.07) is 8.00. The predicted molar refractivity (Wildman–Crippen MR) is 96.4 cm³/mol. The van der Waals surface area contributed by atoms with Crippen LogP contribution in [0, 0.1) is 11.6 Å². The van der Waals surface area contributed by atoms with Gasteiger partial charge in [-0.3, -0.25) is 9.36 Å². The van der Waals surface area contributed by atoms with Gasteiger partial charge < -0.3 is 0 Å². The number of rotatable bonds is 3. The van der Waals surface area contributed by atoms with E-state index in [9.17, 15) is 13.6 Å². The predicted octanol–water partition coefficient (Wildman–Crippen LogP) is 3.61. The van der Waals surface area contributed by atoms with E-state index in [4.69, 9.17) is 23.2 Å². The largest absolute Gasteiger partial charge is 0.293 e. The third-order valence-electron chi connectivity index (χ3n) is 3.90. The molecule has 4 aromatic rings. The number of halogens is 4. The third-order valence-corrected chi connectivity index (χ3v) is 4.64. The molecule has 0 aliphatic carbocycles. The number of fused-ring (bicyclic) bond motifs is 1. The van der Waals surface area contributed by atoms with Crippen molar-refractivity contribution < 1.29 is 8.78 Å². The SMILES string of the molecule is O=c1c2nnn(-c3ccc(F)cc3F)c2ncn1Cc1ccc(Cl)c(Cl)c1. The molecule has 6 nitrogen and oxygen atoms in total. The Balaban J connectivity index is 1.77. The molecule has 10 heteroatoms. The molecule has 0 saturated heterocycles. The lowest BCUT2D eigenvalue weighted by atomic mass is 10.2. The van der Waals surface area contributed by atoms with E-state index in [0.29, 0.717) is 16.1 Å². The Kier molecular flexibility index (Phi) is 4.37. The van der Waals surface area contributed by atoms with Gasteiger partial charge in [0.15, 0.2) is 17.0 Å². The van der Waals surface area contributed by atoms with E-state index in [1.54, 1.807) is 18.2 Å². The van der Waals surface area contributed by atoms with Gasteiger partial charge in [0.25, 0.3) is 5.56 Å². The number of benzene rings is 2. The van der Waals surface area contributed by atoms with Crippen molar-refractivity contribution >= 4 is 34.4 Å². The van der Waals surface area contributed by atoms with E-state index in [1.165, 1.54) is 17.0 Å². The van der Waals surface area contributed by atoms with Crippen LogP contribution < -0.4 is 5.56 Å². The van der Waals surface area contributed by atoms with Crippen LogP contribution in [0.15, 0.2) is 47.5 Å². The Morgan fingerprint density at radius 2 is 1.85 bits per heavy atom. The van der Waals surface area contributed by atoms with E-state index in [1.807, 2.05) is 0 Å². The maximum atomic E-state index is 14.0. The number of aromatic nitrogens is 5. The van der Waals surface area contributed by atoms with Crippen molar-refractivity contribution in [2.24, 2.45) is 0 Å². The summed E-state index contributed by atoms with van der Waals surface area (Å²) < 4.78 is 29.5. The van der Waals surface area contributed by atoms with E-state index < -0.39 is 17.2 Å². The van der Waals surface area contributed by atoms with Crippen LogP contribution in [-0.2, 0) is 6.54 Å². The number of hydrogen-bond donors (Lipinski definition) is 0. The fraction of sp³-hybridized carbons (Fsp3) is 0.0588. The first-order valence-corrected chi connectivity index (χ1v) is 8.40. The molecule has 136 valence electrons. The summed E-state index contributed by atoms with van der Waals surface area (Å²) in [7, 11) is 0. The van der Waals surface area contributed by atoms with Gasteiger partial charge in [0, 0.05) is 6.07 Å². The maximum Gasteiger partial charge on any atom is 0.283 e. The standard InChI is InChI=1S/C17H9Cl2F2N5O/c18-11-3-1-9(5-12(11)19)7-25-8-22-16-15(17(25)27)23-24-26(16)14-4-2-10(20)6-13(14)21/h1-6,8H,7H2. The van der Waals surface area contributed by atoms with Crippen LogP contribution in [0.3, 0.4) is 0 Å². The summed E-state index contributed by atoms with van der Waals surface area (Å²) in [5.74, 6) is -1.57. The summed E-state index contributed by atoms with van der Waals surface area (Å²) in [4.78, 5) is 16.8. The number of nitrogens with zero attached hydrogens (tertiary/aromatic N) is 5. The molecule has 0 radical (unpaired) electrons. The lowest BCUT2D eigenvalue weighted by molar-refractivity contribution is 0.573. The quantitative estimate of drug-likeness (QED) is 0.520. The van der Waals surface area contributed by atoms with Crippen molar-refractivity contribution in [3.8, 4) is 5.69 Å². The van der Waals surface area contributed by atoms with Crippen LogP contribution in [0.2, 0.25) is 10.0 Å². The molecule has 2 aromatic carbocycles. The zero-order valence-corrected chi connectivity index (χ0v) is 14.9. The lowest BCUT2D eigenvalue weighted by Gasteiger charge is -2.07. The van der Waals surface area contributed by atoms with Crippen molar-refractivity contribution in [1.29, 1.82) is 0 Å². The molecule has 4 rings (SSSR count). The van der Waals surface area contributed by atoms with E-state index in [-0.39, 0.29) is 23.4 Å². The molecule has 2 heterocycles. The molecule has 2 aromatic heterocycles. The van der Waals surface area contributed by atoms with Crippen molar-refractivity contribution in [1.82, 2.24) is 24.5 Å². The molecule has 0 amide bonds. The van der Waals surface area contributed by atoms with Gasteiger partial charge >= 0.3 is 0 Å². The molecule has 0 N–H and O–H groups in total. The van der Waals surface area contributed by atoms with Crippen LogP contribution in [-0.4, -0.2) is 24.5 Å². The summed E-state index contributed by atoms with van der Waals surface area (Å²) in [6.07, 6.45) is 1.30. The van der Waals surface area contributed by atoms with Crippen LogP contribution in [0.5, 0.6) is 0 Å². The fourth-order valence-corrected chi connectivity index (χ4v) is 2.93. The van der Waals surface area contributed by atoms with Crippen molar-refractivity contribution in [3.63, 3.8) is 0 Å². The van der Waals surface area contributed by atoms with E-state index in [2.05, 4.69) is 15.3 Å². The first-order valence-electron chi connectivity index (χ1n) is 7.64. The van der Waals surface area contributed by atoms with Gasteiger partial charge in [0.1, 0.15) is 17.8 Å². The monoisotopic (exact) mass is 407 g/mol. The van der Waals surface area contributed by atoms with Crippen molar-refractivity contribution in [3.05, 3.63) is 80.3 Å². The summed E-state index contributed by atoms with van der Waals surface area (Å²) in [5, 5.41) is 8.36. The summed E-state index contributed by atoms with van der Waals surface area (Å²) in [6.45, 7) is 0.191. The zero-order chi connectivity index (χ0) is 19.1. The van der Waals surface area contributed by atoms with Crippen LogP contribution in [0.1, 0.15) is 5.56 Å². The zero-order valence-electron chi connectivity index (χ0n) is 13.4. The van der Waals surface area contributed by atoms with Crippen LogP contribution in [0.4, 0.5) is 8.78 Å². The average molecular weight is 408 g/mol. The van der Waals surface area contributed by atoms with Gasteiger partial charge in [0.2, 0.25) is 0 Å². The molecule has 0 aliphatic rings. The minimum atomic E-state index is -0.844. The van der Waals surface area contributed by atoms with Gasteiger partial charge in [0.05, 0.1) is 16.6 Å². The topological polar surface area (TPSA) is 65.6 Å². The van der Waals surface area contributed by atoms with E-state index in [0.717, 1.165) is 16.3 Å². The maximum absolute atomic E-state index is 14.0. The molecular weight excluding hydrogens is 399 g/mol. The average Bonchev–Trinajstić information content (AvgIpc) is 3.05. The Hall–Kier alpha value is -2.84. The molecule has 0 saturated carbocycles. The second kappa shape index (κ2) is 6.71. The molecule has 0 fully saturated rings. The second-order valence-corrected chi connectivity index (χ2v) is 6.51. The summed E-state index contributed by atoms with van der Waals surface area (Å²) in [5.41, 5.74) is 0.245. The first kappa shape index (κ1) is 17.6. The highest BCUT2D eigenvalue weighted by Crippen LogP contribution is 2.23. The minimum absolute atomic E-state index is 0.0405. The molecule has 27 heavy (non-hydrogen) atoms. The number of hydrogen-bond acceptors (Lipinski definition) is 4. The molecule has 0 unspecified atom stereocenters. The first-order chi connectivity index (χ1) is 12.9. The molecular formula is C17H9Cl2F2N5O.